The minimum atomic E-state index is 0.0337. The molecule has 0 spiro atoms. The summed E-state index contributed by atoms with van der Waals surface area (Å²) in [6.07, 6.45) is 3.56. The summed E-state index contributed by atoms with van der Waals surface area (Å²) in [5, 5.41) is 4.15. The zero-order valence-corrected chi connectivity index (χ0v) is 16.5. The van der Waals surface area contributed by atoms with Gasteiger partial charge in [-0.3, -0.25) is 4.79 Å². The lowest BCUT2D eigenvalue weighted by Crippen LogP contribution is -2.50. The fourth-order valence-electron chi connectivity index (χ4n) is 3.19. The van der Waals surface area contributed by atoms with Gasteiger partial charge in [0, 0.05) is 48.1 Å². The number of amides is 1. The van der Waals surface area contributed by atoms with Crippen LogP contribution < -0.4 is 16.0 Å². The molecule has 1 aliphatic heterocycles. The Bertz CT molecular complexity index is 798. The number of likely N-dealkylation sites (tertiary alicyclic amines) is 1. The van der Waals surface area contributed by atoms with Crippen LogP contribution in [-0.4, -0.2) is 53.5 Å². The zero-order valence-electron chi connectivity index (χ0n) is 15.0. The molecule has 1 unspecified atom stereocenters. The summed E-state index contributed by atoms with van der Waals surface area (Å²) in [6, 6.07) is 7.14. The van der Waals surface area contributed by atoms with Crippen LogP contribution in [0.5, 0.6) is 0 Å². The van der Waals surface area contributed by atoms with Crippen LogP contribution in [-0.2, 0) is 4.79 Å². The smallest absolute Gasteiger partial charge is 0.241 e. The molecular weight excluding hydrogens is 387 g/mol. The van der Waals surface area contributed by atoms with Gasteiger partial charge >= 0.3 is 0 Å². The molecule has 1 aromatic carbocycles. The minimum absolute atomic E-state index is 0.0337. The molecule has 3 rings (SSSR count). The number of halogens is 2. The van der Waals surface area contributed by atoms with Crippen LogP contribution in [0, 0.1) is 0 Å². The highest BCUT2D eigenvalue weighted by molar-refractivity contribution is 6.35. The number of rotatable bonds is 5. The van der Waals surface area contributed by atoms with E-state index in [0.717, 1.165) is 30.9 Å². The molecule has 1 fully saturated rings. The Balaban J connectivity index is 1.59. The lowest BCUT2D eigenvalue weighted by Gasteiger charge is -2.38. The van der Waals surface area contributed by atoms with Crippen LogP contribution in [0.3, 0.4) is 0 Å². The van der Waals surface area contributed by atoms with E-state index in [1.807, 2.05) is 18.0 Å². The number of carbonyl (C=O) groups is 1. The Hall–Kier alpha value is -2.25. The van der Waals surface area contributed by atoms with Gasteiger partial charge in [-0.25, -0.2) is 4.98 Å². The molecule has 9 heteroatoms. The van der Waals surface area contributed by atoms with Crippen LogP contribution in [0.4, 0.5) is 17.5 Å². The van der Waals surface area contributed by atoms with Gasteiger partial charge in [-0.2, -0.15) is 4.98 Å². The van der Waals surface area contributed by atoms with Crippen molar-refractivity contribution in [2.45, 2.75) is 18.9 Å². The molecule has 144 valence electrons. The molecular formula is C18H22Cl2N6O. The van der Waals surface area contributed by atoms with Gasteiger partial charge in [-0.05, 0) is 37.1 Å². The summed E-state index contributed by atoms with van der Waals surface area (Å²) in [4.78, 5) is 24.7. The third-order valence-corrected chi connectivity index (χ3v) is 5.06. The van der Waals surface area contributed by atoms with Gasteiger partial charge in [0.2, 0.25) is 11.9 Å². The molecule has 1 aromatic heterocycles. The van der Waals surface area contributed by atoms with Crippen molar-refractivity contribution in [2.24, 2.45) is 0 Å². The monoisotopic (exact) mass is 408 g/mol. The molecule has 27 heavy (non-hydrogen) atoms. The van der Waals surface area contributed by atoms with E-state index in [-0.39, 0.29) is 24.4 Å². The predicted octanol–water partition coefficient (Wildman–Crippen LogP) is 2.90. The van der Waals surface area contributed by atoms with Crippen LogP contribution in [0.15, 0.2) is 30.5 Å². The van der Waals surface area contributed by atoms with Gasteiger partial charge in [-0.15, -0.1) is 0 Å². The Morgan fingerprint density at radius 2 is 2.11 bits per heavy atom. The first kappa shape index (κ1) is 19.5. The first-order chi connectivity index (χ1) is 12.9. The summed E-state index contributed by atoms with van der Waals surface area (Å²) >= 11 is 12.0. The van der Waals surface area contributed by atoms with Crippen molar-refractivity contribution in [2.75, 3.05) is 42.6 Å². The molecule has 2 heterocycles. The number of benzene rings is 1. The minimum Gasteiger partial charge on any atom is -0.376 e. The van der Waals surface area contributed by atoms with Crippen LogP contribution >= 0.6 is 23.2 Å². The van der Waals surface area contributed by atoms with E-state index < -0.39 is 0 Å². The van der Waals surface area contributed by atoms with Gasteiger partial charge in [-0.1, -0.05) is 23.2 Å². The largest absolute Gasteiger partial charge is 0.376 e. The Morgan fingerprint density at radius 1 is 1.37 bits per heavy atom. The number of likely N-dealkylation sites (N-methyl/N-ethyl adjacent to an activating group) is 1. The number of nitrogens with two attached hydrogens (primary N) is 1. The van der Waals surface area contributed by atoms with Crippen molar-refractivity contribution in [1.82, 2.24) is 14.9 Å². The fraction of sp³-hybridized carbons (Fsp3) is 0.389. The van der Waals surface area contributed by atoms with Gasteiger partial charge in [0.05, 0.1) is 6.54 Å². The molecule has 0 aliphatic carbocycles. The number of nitrogens with one attached hydrogen (secondary N) is 1. The van der Waals surface area contributed by atoms with Crippen molar-refractivity contribution < 1.29 is 4.79 Å². The number of nitrogen functional groups attached to an aromatic ring is 1. The molecule has 0 radical (unpaired) electrons. The van der Waals surface area contributed by atoms with Crippen LogP contribution in [0.2, 0.25) is 10.0 Å². The fourth-order valence-corrected chi connectivity index (χ4v) is 3.72. The zero-order chi connectivity index (χ0) is 19.4. The number of anilines is 3. The van der Waals surface area contributed by atoms with Gasteiger partial charge in [0.25, 0.3) is 0 Å². The maximum atomic E-state index is 12.6. The van der Waals surface area contributed by atoms with Crippen molar-refractivity contribution in [1.29, 1.82) is 0 Å². The number of carbonyl (C=O) groups excluding carboxylic acids is 1. The molecule has 3 N–H and O–H groups in total. The predicted molar refractivity (Wildman–Crippen MR) is 109 cm³/mol. The van der Waals surface area contributed by atoms with Crippen molar-refractivity contribution >= 4 is 46.6 Å². The van der Waals surface area contributed by atoms with E-state index in [4.69, 9.17) is 28.9 Å². The van der Waals surface area contributed by atoms with Crippen LogP contribution in [0.1, 0.15) is 12.8 Å². The maximum absolute atomic E-state index is 12.6. The Morgan fingerprint density at radius 3 is 2.81 bits per heavy atom. The molecule has 1 amide bonds. The average molecular weight is 409 g/mol. The summed E-state index contributed by atoms with van der Waals surface area (Å²) in [5.74, 6) is 1.03. The van der Waals surface area contributed by atoms with E-state index in [0.29, 0.717) is 16.6 Å². The number of hydrogen-bond acceptors (Lipinski definition) is 6. The molecule has 1 aliphatic rings. The Kier molecular flexibility index (Phi) is 6.23. The van der Waals surface area contributed by atoms with Gasteiger partial charge in [0.1, 0.15) is 5.82 Å². The normalized spacial score (nSPS) is 16.9. The summed E-state index contributed by atoms with van der Waals surface area (Å²) in [5.41, 5.74) is 6.40. The van der Waals surface area contributed by atoms with Crippen molar-refractivity contribution in [3.05, 3.63) is 40.5 Å². The highest BCUT2D eigenvalue weighted by Gasteiger charge is 2.26. The van der Waals surface area contributed by atoms with Crippen molar-refractivity contribution in [3.8, 4) is 0 Å². The quantitative estimate of drug-likeness (QED) is 0.790. The average Bonchev–Trinajstić information content (AvgIpc) is 2.65. The molecule has 0 bridgehead atoms. The number of aromatic nitrogens is 2. The van der Waals surface area contributed by atoms with Gasteiger partial charge < -0.3 is 20.9 Å². The highest BCUT2D eigenvalue weighted by atomic mass is 35.5. The molecule has 1 saturated heterocycles. The Labute approximate surface area is 168 Å². The second-order valence-corrected chi connectivity index (χ2v) is 7.40. The second kappa shape index (κ2) is 8.63. The topological polar surface area (TPSA) is 87.4 Å². The maximum Gasteiger partial charge on any atom is 0.241 e. The summed E-state index contributed by atoms with van der Waals surface area (Å²) < 4.78 is 0. The lowest BCUT2D eigenvalue weighted by atomic mass is 10.0. The molecule has 0 saturated carbocycles. The third kappa shape index (κ3) is 5.14. The summed E-state index contributed by atoms with van der Waals surface area (Å²) in [7, 11) is 1.96. The standard InChI is InChI=1S/C18H22Cl2N6O/c1-25(16-4-5-22-18(21)24-16)15-3-2-6-26(11-15)17(27)10-23-14-8-12(19)7-13(20)9-14/h4-5,7-9,15,23H,2-3,6,10-11H2,1H3,(H2,21,22,24). The van der Waals surface area contributed by atoms with E-state index in [2.05, 4.69) is 20.2 Å². The van der Waals surface area contributed by atoms with Crippen molar-refractivity contribution in [3.63, 3.8) is 0 Å². The van der Waals surface area contributed by atoms with Gasteiger partial charge in [0.15, 0.2) is 0 Å². The number of piperidine rings is 1. The number of nitrogens with zero attached hydrogens (tertiary/aromatic N) is 4. The molecule has 7 nitrogen and oxygen atoms in total. The molecule has 2 aromatic rings. The SMILES string of the molecule is CN(c1ccnc(N)n1)C1CCCN(C(=O)CNc2cc(Cl)cc(Cl)c2)C1. The number of hydrogen-bond donors (Lipinski definition) is 2. The van der Waals surface area contributed by atoms with E-state index in [1.54, 1.807) is 24.4 Å². The van der Waals surface area contributed by atoms with E-state index >= 15 is 0 Å². The summed E-state index contributed by atoms with van der Waals surface area (Å²) in [6.45, 7) is 1.57. The first-order valence-electron chi connectivity index (χ1n) is 8.71. The molecule has 1 atom stereocenters. The first-order valence-corrected chi connectivity index (χ1v) is 9.47. The van der Waals surface area contributed by atoms with E-state index in [1.165, 1.54) is 0 Å². The third-order valence-electron chi connectivity index (χ3n) is 4.62. The van der Waals surface area contributed by atoms with Crippen LogP contribution in [0.25, 0.3) is 0 Å². The van der Waals surface area contributed by atoms with E-state index in [9.17, 15) is 4.79 Å². The second-order valence-electron chi connectivity index (χ2n) is 6.53. The highest BCUT2D eigenvalue weighted by Crippen LogP contribution is 2.23. The lowest BCUT2D eigenvalue weighted by molar-refractivity contribution is -0.130.